The molecule has 1 aromatic carbocycles. The number of hydrogen-bond donors (Lipinski definition) is 4. The maximum atomic E-state index is 13.3. The van der Waals surface area contributed by atoms with Crippen LogP contribution in [0.25, 0.3) is 10.9 Å². The minimum Gasteiger partial charge on any atom is -0.481 e. The first-order chi connectivity index (χ1) is 12.3. The molecule has 4 N–H and O–H groups in total. The average molecular weight is 361 g/mol. The second-order valence-corrected chi connectivity index (χ2v) is 6.67. The van der Waals surface area contributed by atoms with E-state index in [4.69, 9.17) is 5.11 Å². The summed E-state index contributed by atoms with van der Waals surface area (Å²) in [7, 11) is 0. The summed E-state index contributed by atoms with van der Waals surface area (Å²) in [6.07, 6.45) is 2.71. The molecule has 26 heavy (non-hydrogen) atoms. The van der Waals surface area contributed by atoms with Crippen LogP contribution in [0.2, 0.25) is 0 Å². The third kappa shape index (κ3) is 3.84. The van der Waals surface area contributed by atoms with Crippen LogP contribution in [0.1, 0.15) is 25.3 Å². The summed E-state index contributed by atoms with van der Waals surface area (Å²) in [5.74, 6) is -2.35. The van der Waals surface area contributed by atoms with Crippen molar-refractivity contribution in [3.8, 4) is 0 Å². The fourth-order valence-electron chi connectivity index (χ4n) is 3.24. The lowest BCUT2D eigenvalue weighted by Crippen LogP contribution is -2.54. The van der Waals surface area contributed by atoms with E-state index in [-0.39, 0.29) is 30.1 Å². The Balaban J connectivity index is 1.70. The van der Waals surface area contributed by atoms with Gasteiger partial charge in [-0.25, -0.2) is 4.39 Å². The number of hydrogen-bond acceptors (Lipinski definition) is 3. The molecular formula is C18H20FN3O4. The van der Waals surface area contributed by atoms with E-state index in [1.165, 1.54) is 19.1 Å². The van der Waals surface area contributed by atoms with Crippen molar-refractivity contribution in [2.24, 2.45) is 5.92 Å². The van der Waals surface area contributed by atoms with Crippen molar-refractivity contribution in [2.75, 3.05) is 0 Å². The summed E-state index contributed by atoms with van der Waals surface area (Å²) in [5.41, 5.74) is 1.40. The number of halogens is 1. The highest BCUT2D eigenvalue weighted by Gasteiger charge is 2.36. The van der Waals surface area contributed by atoms with Crippen LogP contribution < -0.4 is 10.6 Å². The largest absolute Gasteiger partial charge is 0.481 e. The number of amides is 2. The number of benzene rings is 1. The average Bonchev–Trinajstić information content (AvgIpc) is 2.90. The van der Waals surface area contributed by atoms with E-state index in [2.05, 4.69) is 15.6 Å². The highest BCUT2D eigenvalue weighted by molar-refractivity contribution is 5.89. The van der Waals surface area contributed by atoms with Gasteiger partial charge in [0.25, 0.3) is 0 Å². The second kappa shape index (κ2) is 7.15. The zero-order valence-corrected chi connectivity index (χ0v) is 14.2. The molecule has 1 fully saturated rings. The Morgan fingerprint density at radius 1 is 1.35 bits per heavy atom. The lowest BCUT2D eigenvalue weighted by Gasteiger charge is -2.34. The molecule has 1 aliphatic carbocycles. The molecule has 0 radical (unpaired) electrons. The fraction of sp³-hybridized carbons (Fsp3) is 0.389. The molecule has 7 nitrogen and oxygen atoms in total. The molecule has 138 valence electrons. The molecule has 1 saturated carbocycles. The molecule has 0 bridgehead atoms. The third-order valence-electron chi connectivity index (χ3n) is 4.68. The van der Waals surface area contributed by atoms with Crippen LogP contribution >= 0.6 is 0 Å². The van der Waals surface area contributed by atoms with Gasteiger partial charge in [0.1, 0.15) is 11.9 Å². The number of rotatable bonds is 6. The van der Waals surface area contributed by atoms with Crippen molar-refractivity contribution in [3.05, 3.63) is 35.8 Å². The van der Waals surface area contributed by atoms with Crippen molar-refractivity contribution < 1.29 is 23.9 Å². The van der Waals surface area contributed by atoms with Gasteiger partial charge in [0, 0.05) is 36.5 Å². The quantitative estimate of drug-likeness (QED) is 0.622. The van der Waals surface area contributed by atoms with E-state index >= 15 is 0 Å². The molecule has 0 spiro atoms. The first kappa shape index (κ1) is 17.9. The van der Waals surface area contributed by atoms with Crippen molar-refractivity contribution in [2.45, 2.75) is 38.3 Å². The summed E-state index contributed by atoms with van der Waals surface area (Å²) in [4.78, 5) is 37.8. The first-order valence-corrected chi connectivity index (χ1v) is 8.39. The Labute approximate surface area is 149 Å². The monoisotopic (exact) mass is 361 g/mol. The smallest absolute Gasteiger partial charge is 0.306 e. The van der Waals surface area contributed by atoms with Crippen LogP contribution in [-0.2, 0) is 20.8 Å². The standard InChI is InChI=1S/C18H20FN3O4/c1-9(23)21-16(17(24)22-13-4-10(5-13)18(25)26)6-11-8-20-15-7-12(19)2-3-14(11)15/h2-3,7-8,10,13,16,20H,4-6H2,1H3,(H,21,23)(H,22,24)(H,25,26). The van der Waals surface area contributed by atoms with Gasteiger partial charge in [0.2, 0.25) is 11.8 Å². The zero-order valence-electron chi connectivity index (χ0n) is 14.2. The van der Waals surface area contributed by atoms with Crippen molar-refractivity contribution in [1.82, 2.24) is 15.6 Å². The van der Waals surface area contributed by atoms with Crippen molar-refractivity contribution in [1.29, 1.82) is 0 Å². The summed E-state index contributed by atoms with van der Waals surface area (Å²) in [6.45, 7) is 1.33. The number of aromatic nitrogens is 1. The highest BCUT2D eigenvalue weighted by atomic mass is 19.1. The molecule has 1 unspecified atom stereocenters. The number of carboxylic acid groups (broad SMARTS) is 1. The van der Waals surface area contributed by atoms with Gasteiger partial charge < -0.3 is 20.7 Å². The molecule has 1 heterocycles. The molecule has 0 saturated heterocycles. The maximum Gasteiger partial charge on any atom is 0.306 e. The fourth-order valence-corrected chi connectivity index (χ4v) is 3.24. The summed E-state index contributed by atoms with van der Waals surface area (Å²) in [5, 5.41) is 15.1. The number of fused-ring (bicyclic) bond motifs is 1. The van der Waals surface area contributed by atoms with Crippen LogP contribution in [0.15, 0.2) is 24.4 Å². The number of aromatic amines is 1. The van der Waals surface area contributed by atoms with Gasteiger partial charge in [0.05, 0.1) is 5.92 Å². The molecule has 2 amide bonds. The molecule has 0 aliphatic heterocycles. The number of aliphatic carboxylic acids is 1. The predicted molar refractivity (Wildman–Crippen MR) is 91.9 cm³/mol. The molecule has 1 atom stereocenters. The van der Waals surface area contributed by atoms with Crippen molar-refractivity contribution >= 4 is 28.7 Å². The molecule has 2 aromatic rings. The van der Waals surface area contributed by atoms with Crippen LogP contribution in [0.5, 0.6) is 0 Å². The minimum absolute atomic E-state index is 0.197. The molecule has 8 heteroatoms. The normalized spacial score (nSPS) is 20.2. The molecule has 1 aliphatic rings. The van der Waals surface area contributed by atoms with Gasteiger partial charge >= 0.3 is 5.97 Å². The molecule has 1 aromatic heterocycles. The Morgan fingerprint density at radius 3 is 2.73 bits per heavy atom. The van der Waals surface area contributed by atoms with E-state index in [0.29, 0.717) is 18.4 Å². The Kier molecular flexibility index (Phi) is 4.92. The lowest BCUT2D eigenvalue weighted by atomic mass is 9.80. The lowest BCUT2D eigenvalue weighted by molar-refractivity contribution is -0.146. The van der Waals surface area contributed by atoms with Gasteiger partial charge in [-0.3, -0.25) is 14.4 Å². The summed E-state index contributed by atoms with van der Waals surface area (Å²) >= 11 is 0. The van der Waals surface area contributed by atoms with E-state index in [9.17, 15) is 18.8 Å². The number of nitrogens with one attached hydrogen (secondary N) is 3. The SMILES string of the molecule is CC(=O)NC(Cc1c[nH]c2cc(F)ccc12)C(=O)NC1CC(C(=O)O)C1. The number of carbonyl (C=O) groups is 3. The minimum atomic E-state index is -0.861. The third-order valence-corrected chi connectivity index (χ3v) is 4.68. The van der Waals surface area contributed by atoms with E-state index < -0.39 is 17.9 Å². The second-order valence-electron chi connectivity index (χ2n) is 6.67. The molecule has 3 rings (SSSR count). The number of H-pyrrole nitrogens is 1. The van der Waals surface area contributed by atoms with Gasteiger partial charge in [-0.2, -0.15) is 0 Å². The number of carbonyl (C=O) groups excluding carboxylic acids is 2. The van der Waals surface area contributed by atoms with Gasteiger partial charge in [-0.15, -0.1) is 0 Å². The van der Waals surface area contributed by atoms with E-state index in [1.807, 2.05) is 0 Å². The van der Waals surface area contributed by atoms with Gasteiger partial charge in [-0.1, -0.05) is 0 Å². The van der Waals surface area contributed by atoms with Crippen LogP contribution in [0.4, 0.5) is 4.39 Å². The Hall–Kier alpha value is -2.90. The van der Waals surface area contributed by atoms with Crippen LogP contribution in [-0.4, -0.2) is 40.0 Å². The molecular weight excluding hydrogens is 341 g/mol. The summed E-state index contributed by atoms with van der Waals surface area (Å²) in [6, 6.07) is 3.35. The Bertz CT molecular complexity index is 857. The van der Waals surface area contributed by atoms with Crippen molar-refractivity contribution in [3.63, 3.8) is 0 Å². The van der Waals surface area contributed by atoms with E-state index in [1.54, 1.807) is 12.3 Å². The zero-order chi connectivity index (χ0) is 18.8. The summed E-state index contributed by atoms with van der Waals surface area (Å²) < 4.78 is 13.3. The van der Waals surface area contributed by atoms with Gasteiger partial charge in [-0.05, 0) is 36.6 Å². The highest BCUT2D eigenvalue weighted by Crippen LogP contribution is 2.27. The maximum absolute atomic E-state index is 13.3. The number of carboxylic acids is 1. The van der Waals surface area contributed by atoms with Crippen LogP contribution in [0, 0.1) is 11.7 Å². The van der Waals surface area contributed by atoms with Gasteiger partial charge in [0.15, 0.2) is 0 Å². The topological polar surface area (TPSA) is 111 Å². The first-order valence-electron chi connectivity index (χ1n) is 8.39. The predicted octanol–water partition coefficient (Wildman–Crippen LogP) is 1.33. The van der Waals surface area contributed by atoms with Crippen LogP contribution in [0.3, 0.4) is 0 Å². The van der Waals surface area contributed by atoms with E-state index in [0.717, 1.165) is 10.9 Å². The Morgan fingerprint density at radius 2 is 2.08 bits per heavy atom.